The van der Waals surface area contributed by atoms with E-state index in [1.54, 1.807) is 0 Å². The summed E-state index contributed by atoms with van der Waals surface area (Å²) in [6.07, 6.45) is 11.2. The van der Waals surface area contributed by atoms with Crippen LogP contribution in [0.15, 0.2) is 18.5 Å². The first-order valence-electron chi connectivity index (χ1n) is 8.08. The molecule has 3 rings (SSSR count). The van der Waals surface area contributed by atoms with Gasteiger partial charge in [0.25, 0.3) is 0 Å². The van der Waals surface area contributed by atoms with Crippen molar-refractivity contribution >= 4 is 0 Å². The Kier molecular flexibility index (Phi) is 4.70. The molecule has 1 aliphatic rings. The quantitative estimate of drug-likeness (QED) is 0.802. The zero-order valence-electron chi connectivity index (χ0n) is 12.8. The molecule has 2 heterocycles. The van der Waals surface area contributed by atoms with Crippen molar-refractivity contribution in [3.63, 3.8) is 0 Å². The van der Waals surface area contributed by atoms with Crippen molar-refractivity contribution in [1.82, 2.24) is 25.3 Å². The van der Waals surface area contributed by atoms with E-state index in [2.05, 4.69) is 27.5 Å². The van der Waals surface area contributed by atoms with E-state index in [-0.39, 0.29) is 0 Å². The van der Waals surface area contributed by atoms with Gasteiger partial charge in [0.05, 0.1) is 5.69 Å². The fourth-order valence-electron chi connectivity index (χ4n) is 3.00. The van der Waals surface area contributed by atoms with E-state index >= 15 is 0 Å². The number of aromatic amines is 1. The zero-order valence-corrected chi connectivity index (χ0v) is 12.8. The highest BCUT2D eigenvalue weighted by Crippen LogP contribution is 2.21. The van der Waals surface area contributed by atoms with E-state index < -0.39 is 0 Å². The maximum atomic E-state index is 4.52. The van der Waals surface area contributed by atoms with Crippen LogP contribution in [0, 0.1) is 0 Å². The summed E-state index contributed by atoms with van der Waals surface area (Å²) >= 11 is 0. The van der Waals surface area contributed by atoms with Crippen LogP contribution >= 0.6 is 0 Å². The lowest BCUT2D eigenvalue weighted by Gasteiger charge is -2.13. The number of hydrogen-bond acceptors (Lipinski definition) is 3. The number of hydrogen-bond donors (Lipinski definition) is 2. The Morgan fingerprint density at radius 2 is 2.24 bits per heavy atom. The maximum absolute atomic E-state index is 4.52. The zero-order chi connectivity index (χ0) is 14.5. The number of H-pyrrole nitrogens is 1. The van der Waals surface area contributed by atoms with Gasteiger partial charge in [-0.1, -0.05) is 6.42 Å². The molecule has 2 N–H and O–H groups in total. The highest BCUT2D eigenvalue weighted by atomic mass is 15.3. The number of aromatic nitrogens is 4. The molecular formula is C16H25N5. The Labute approximate surface area is 126 Å². The van der Waals surface area contributed by atoms with E-state index in [1.807, 2.05) is 23.1 Å². The molecule has 0 spiro atoms. The van der Waals surface area contributed by atoms with Crippen molar-refractivity contribution in [2.24, 2.45) is 0 Å². The average molecular weight is 287 g/mol. The molecule has 21 heavy (non-hydrogen) atoms. The molecule has 0 fully saturated rings. The molecule has 1 atom stereocenters. The van der Waals surface area contributed by atoms with Crippen molar-refractivity contribution in [3.05, 3.63) is 35.4 Å². The second-order valence-corrected chi connectivity index (χ2v) is 6.03. The average Bonchev–Trinajstić information content (AvgIpc) is 3.08. The Balaban J connectivity index is 1.49. The number of aryl methyl sites for hydroxylation is 2. The molecule has 2 aromatic rings. The first-order chi connectivity index (χ1) is 10.3. The van der Waals surface area contributed by atoms with Crippen LogP contribution in [0.25, 0.3) is 0 Å². The molecule has 1 aliphatic carbocycles. The summed E-state index contributed by atoms with van der Waals surface area (Å²) in [5, 5.41) is 15.6. The van der Waals surface area contributed by atoms with Gasteiger partial charge in [0, 0.05) is 37.2 Å². The molecule has 2 aromatic heterocycles. The summed E-state index contributed by atoms with van der Waals surface area (Å²) in [5.41, 5.74) is 4.06. The molecular weight excluding hydrogens is 262 g/mol. The predicted octanol–water partition coefficient (Wildman–Crippen LogP) is 2.44. The first-order valence-corrected chi connectivity index (χ1v) is 8.08. The second-order valence-electron chi connectivity index (χ2n) is 6.03. The molecule has 5 nitrogen and oxygen atoms in total. The lowest BCUT2D eigenvalue weighted by atomic mass is 10.1. The monoisotopic (exact) mass is 287 g/mol. The normalized spacial score (nSPS) is 16.4. The van der Waals surface area contributed by atoms with Gasteiger partial charge in [0.2, 0.25) is 0 Å². The Morgan fingerprint density at radius 3 is 3.10 bits per heavy atom. The van der Waals surface area contributed by atoms with Gasteiger partial charge in [-0.15, -0.1) is 0 Å². The molecule has 0 bridgehead atoms. The number of fused-ring (bicyclic) bond motifs is 1. The van der Waals surface area contributed by atoms with E-state index in [4.69, 9.17) is 0 Å². The van der Waals surface area contributed by atoms with Gasteiger partial charge in [-0.2, -0.15) is 10.2 Å². The molecule has 0 unspecified atom stereocenters. The van der Waals surface area contributed by atoms with Crippen LogP contribution in [0.2, 0.25) is 0 Å². The molecule has 114 valence electrons. The van der Waals surface area contributed by atoms with E-state index in [0.29, 0.717) is 6.04 Å². The van der Waals surface area contributed by atoms with Crippen molar-refractivity contribution in [2.75, 3.05) is 0 Å². The van der Waals surface area contributed by atoms with Crippen molar-refractivity contribution in [2.45, 2.75) is 64.6 Å². The van der Waals surface area contributed by atoms with Crippen molar-refractivity contribution in [3.8, 4) is 0 Å². The van der Waals surface area contributed by atoms with Crippen LogP contribution in [0.1, 0.15) is 49.6 Å². The third-order valence-corrected chi connectivity index (χ3v) is 4.36. The summed E-state index contributed by atoms with van der Waals surface area (Å²) in [5.74, 6) is 0. The lowest BCUT2D eigenvalue weighted by Crippen LogP contribution is -2.27. The highest BCUT2D eigenvalue weighted by molar-refractivity contribution is 5.26. The van der Waals surface area contributed by atoms with Gasteiger partial charge in [-0.3, -0.25) is 9.78 Å². The highest BCUT2D eigenvalue weighted by Gasteiger charge is 2.15. The van der Waals surface area contributed by atoms with E-state index in [0.717, 1.165) is 25.9 Å². The third kappa shape index (κ3) is 3.73. The molecule has 0 aliphatic heterocycles. The van der Waals surface area contributed by atoms with Gasteiger partial charge in [0.1, 0.15) is 0 Å². The number of rotatable bonds is 6. The summed E-state index contributed by atoms with van der Waals surface area (Å²) in [6.45, 7) is 4.06. The fraction of sp³-hybridized carbons (Fsp3) is 0.625. The standard InChI is InChI=1S/C16H25N5/c1-13(8-11-21-10-5-9-18-21)17-12-16-14-6-3-2-4-7-15(14)19-20-16/h5,9-10,13,17H,2-4,6-8,11-12H2,1H3,(H,19,20)/t13-/m0/s1. The fourth-order valence-corrected chi connectivity index (χ4v) is 3.00. The van der Waals surface area contributed by atoms with Gasteiger partial charge in [0.15, 0.2) is 0 Å². The molecule has 0 saturated carbocycles. The van der Waals surface area contributed by atoms with Crippen LogP contribution in [-0.2, 0) is 25.9 Å². The summed E-state index contributed by atoms with van der Waals surface area (Å²) < 4.78 is 1.98. The van der Waals surface area contributed by atoms with E-state index in [1.165, 1.54) is 42.6 Å². The molecule has 0 radical (unpaired) electrons. The number of nitrogens with zero attached hydrogens (tertiary/aromatic N) is 3. The van der Waals surface area contributed by atoms with Gasteiger partial charge in [-0.25, -0.2) is 0 Å². The lowest BCUT2D eigenvalue weighted by molar-refractivity contribution is 0.455. The largest absolute Gasteiger partial charge is 0.309 e. The first kappa shape index (κ1) is 14.3. The minimum absolute atomic E-state index is 0.465. The van der Waals surface area contributed by atoms with Crippen LogP contribution in [0.3, 0.4) is 0 Å². The predicted molar refractivity (Wildman–Crippen MR) is 83.0 cm³/mol. The van der Waals surface area contributed by atoms with Crippen molar-refractivity contribution < 1.29 is 0 Å². The van der Waals surface area contributed by atoms with Crippen LogP contribution in [0.5, 0.6) is 0 Å². The SMILES string of the molecule is C[C@@H](CCn1cccn1)NCc1n[nH]c2c1CCCCC2. The maximum Gasteiger partial charge on any atom is 0.0794 e. The summed E-state index contributed by atoms with van der Waals surface area (Å²) in [6, 6.07) is 2.43. The molecule has 0 amide bonds. The smallest absolute Gasteiger partial charge is 0.0794 e. The topological polar surface area (TPSA) is 58.5 Å². The van der Waals surface area contributed by atoms with Gasteiger partial charge < -0.3 is 5.32 Å². The minimum atomic E-state index is 0.465. The summed E-state index contributed by atoms with van der Waals surface area (Å²) in [4.78, 5) is 0. The molecule has 5 heteroatoms. The van der Waals surface area contributed by atoms with Crippen LogP contribution in [0.4, 0.5) is 0 Å². The Bertz CT molecular complexity index is 543. The van der Waals surface area contributed by atoms with Crippen molar-refractivity contribution in [1.29, 1.82) is 0 Å². The second kappa shape index (κ2) is 6.89. The third-order valence-electron chi connectivity index (χ3n) is 4.36. The Hall–Kier alpha value is -1.62. The van der Waals surface area contributed by atoms with E-state index in [9.17, 15) is 0 Å². The van der Waals surface area contributed by atoms with Gasteiger partial charge in [-0.05, 0) is 50.7 Å². The van der Waals surface area contributed by atoms with Crippen LogP contribution < -0.4 is 5.32 Å². The van der Waals surface area contributed by atoms with Crippen LogP contribution in [-0.4, -0.2) is 26.0 Å². The summed E-state index contributed by atoms with van der Waals surface area (Å²) in [7, 11) is 0. The molecule has 0 saturated heterocycles. The Morgan fingerprint density at radius 1 is 1.33 bits per heavy atom. The molecule has 0 aromatic carbocycles. The van der Waals surface area contributed by atoms with Gasteiger partial charge >= 0.3 is 0 Å². The minimum Gasteiger partial charge on any atom is -0.309 e. The number of nitrogens with one attached hydrogen (secondary N) is 2.